The summed E-state index contributed by atoms with van der Waals surface area (Å²) in [6.07, 6.45) is 3.85. The summed E-state index contributed by atoms with van der Waals surface area (Å²) in [4.78, 5) is 12.4. The molecule has 20 heavy (non-hydrogen) atoms. The molecule has 0 radical (unpaired) electrons. The van der Waals surface area contributed by atoms with Gasteiger partial charge in [-0.15, -0.1) is 0 Å². The molecule has 0 heterocycles. The highest BCUT2D eigenvalue weighted by Gasteiger charge is 2.35. The standard InChI is InChI=1S/C17H25NO2/c1-12-4-6-17(11-19,7-5-12)18-16(20)15-9-13(2)8-14(3)10-15/h8-10,12,19H,4-7,11H2,1-3H3,(H,18,20). The third kappa shape index (κ3) is 3.40. The molecule has 1 aliphatic carbocycles. The number of nitrogens with one attached hydrogen (secondary N) is 1. The summed E-state index contributed by atoms with van der Waals surface area (Å²) in [6, 6.07) is 5.86. The lowest BCUT2D eigenvalue weighted by molar-refractivity contribution is 0.0717. The average molecular weight is 275 g/mol. The second-order valence-electron chi connectivity index (χ2n) is 6.45. The van der Waals surface area contributed by atoms with Gasteiger partial charge < -0.3 is 10.4 Å². The molecule has 2 rings (SSSR count). The molecule has 0 spiro atoms. The minimum atomic E-state index is -0.429. The third-order valence-corrected chi connectivity index (χ3v) is 4.40. The van der Waals surface area contributed by atoms with Crippen LogP contribution in [0.25, 0.3) is 0 Å². The number of hydrogen-bond acceptors (Lipinski definition) is 2. The monoisotopic (exact) mass is 275 g/mol. The molecule has 0 aliphatic heterocycles. The van der Waals surface area contributed by atoms with E-state index in [-0.39, 0.29) is 12.5 Å². The first kappa shape index (κ1) is 15.0. The van der Waals surface area contributed by atoms with Crippen molar-refractivity contribution >= 4 is 5.91 Å². The second kappa shape index (κ2) is 5.96. The molecule has 3 heteroatoms. The molecule has 0 bridgehead atoms. The van der Waals surface area contributed by atoms with Crippen molar-refractivity contribution in [3.63, 3.8) is 0 Å². The second-order valence-corrected chi connectivity index (χ2v) is 6.45. The molecule has 1 fully saturated rings. The van der Waals surface area contributed by atoms with Gasteiger partial charge in [0.1, 0.15) is 0 Å². The van der Waals surface area contributed by atoms with Gasteiger partial charge in [0.05, 0.1) is 12.1 Å². The Morgan fingerprint density at radius 2 is 1.80 bits per heavy atom. The van der Waals surface area contributed by atoms with Gasteiger partial charge in [0.2, 0.25) is 0 Å². The van der Waals surface area contributed by atoms with Crippen molar-refractivity contribution in [2.75, 3.05) is 6.61 Å². The van der Waals surface area contributed by atoms with Gasteiger partial charge in [0, 0.05) is 5.56 Å². The van der Waals surface area contributed by atoms with Crippen molar-refractivity contribution in [2.24, 2.45) is 5.92 Å². The molecular weight excluding hydrogens is 250 g/mol. The van der Waals surface area contributed by atoms with Gasteiger partial charge in [-0.05, 0) is 57.6 Å². The molecule has 1 amide bonds. The van der Waals surface area contributed by atoms with Crippen LogP contribution in [0.1, 0.15) is 54.1 Å². The van der Waals surface area contributed by atoms with Gasteiger partial charge in [0.25, 0.3) is 5.91 Å². The Balaban J connectivity index is 2.13. The molecular formula is C17H25NO2. The van der Waals surface area contributed by atoms with Crippen LogP contribution in [0.5, 0.6) is 0 Å². The summed E-state index contributed by atoms with van der Waals surface area (Å²) in [5.74, 6) is 0.619. The zero-order chi connectivity index (χ0) is 14.8. The smallest absolute Gasteiger partial charge is 0.251 e. The number of carbonyl (C=O) groups is 1. The van der Waals surface area contributed by atoms with Gasteiger partial charge in [-0.1, -0.05) is 24.1 Å². The molecule has 1 aliphatic rings. The summed E-state index contributed by atoms with van der Waals surface area (Å²) < 4.78 is 0. The van der Waals surface area contributed by atoms with Gasteiger partial charge in [0.15, 0.2) is 0 Å². The molecule has 3 nitrogen and oxygen atoms in total. The number of hydrogen-bond donors (Lipinski definition) is 2. The zero-order valence-electron chi connectivity index (χ0n) is 12.7. The van der Waals surface area contributed by atoms with Crippen molar-refractivity contribution in [3.8, 4) is 0 Å². The predicted molar refractivity (Wildman–Crippen MR) is 80.8 cm³/mol. The maximum Gasteiger partial charge on any atom is 0.251 e. The first-order chi connectivity index (χ1) is 9.44. The number of rotatable bonds is 3. The van der Waals surface area contributed by atoms with E-state index in [1.807, 2.05) is 26.0 Å². The number of benzene rings is 1. The summed E-state index contributed by atoms with van der Waals surface area (Å²) in [6.45, 7) is 6.24. The summed E-state index contributed by atoms with van der Waals surface area (Å²) in [5.41, 5.74) is 2.44. The lowest BCUT2D eigenvalue weighted by atomic mass is 9.77. The summed E-state index contributed by atoms with van der Waals surface area (Å²) in [5, 5.41) is 12.8. The van der Waals surface area contributed by atoms with Crippen LogP contribution in [-0.2, 0) is 0 Å². The third-order valence-electron chi connectivity index (χ3n) is 4.40. The Hall–Kier alpha value is -1.35. The van der Waals surface area contributed by atoms with E-state index >= 15 is 0 Å². The van der Waals surface area contributed by atoms with Crippen LogP contribution in [0.4, 0.5) is 0 Å². The quantitative estimate of drug-likeness (QED) is 0.891. The number of aliphatic hydroxyl groups excluding tert-OH is 1. The van der Waals surface area contributed by atoms with Crippen LogP contribution < -0.4 is 5.32 Å². The molecule has 0 unspecified atom stereocenters. The molecule has 0 saturated heterocycles. The van der Waals surface area contributed by atoms with E-state index in [1.165, 1.54) is 0 Å². The van der Waals surface area contributed by atoms with E-state index in [1.54, 1.807) is 0 Å². The van der Waals surface area contributed by atoms with Crippen LogP contribution in [0, 0.1) is 19.8 Å². The highest BCUT2D eigenvalue weighted by Crippen LogP contribution is 2.31. The minimum absolute atomic E-state index is 0.0241. The lowest BCUT2D eigenvalue weighted by Gasteiger charge is -2.38. The molecule has 1 aromatic rings. The number of aryl methyl sites for hydroxylation is 2. The fourth-order valence-electron chi connectivity index (χ4n) is 3.06. The Bertz CT molecular complexity index is 468. The van der Waals surface area contributed by atoms with Crippen LogP contribution in [0.3, 0.4) is 0 Å². The summed E-state index contributed by atoms with van der Waals surface area (Å²) >= 11 is 0. The van der Waals surface area contributed by atoms with Gasteiger partial charge >= 0.3 is 0 Å². The van der Waals surface area contributed by atoms with Crippen LogP contribution in [0.2, 0.25) is 0 Å². The Kier molecular flexibility index (Phi) is 4.48. The maximum absolute atomic E-state index is 12.4. The largest absolute Gasteiger partial charge is 0.394 e. The molecule has 110 valence electrons. The fourth-order valence-corrected chi connectivity index (χ4v) is 3.06. The Morgan fingerprint density at radius 3 is 2.30 bits per heavy atom. The topological polar surface area (TPSA) is 49.3 Å². The maximum atomic E-state index is 12.4. The number of carbonyl (C=O) groups excluding carboxylic acids is 1. The van der Waals surface area contributed by atoms with Crippen molar-refractivity contribution in [1.29, 1.82) is 0 Å². The molecule has 1 aromatic carbocycles. The molecule has 0 aromatic heterocycles. The van der Waals surface area contributed by atoms with E-state index < -0.39 is 5.54 Å². The Morgan fingerprint density at radius 1 is 1.25 bits per heavy atom. The predicted octanol–water partition coefficient (Wildman–Crippen LogP) is 2.97. The molecule has 0 atom stereocenters. The Labute approximate surface area is 121 Å². The summed E-state index contributed by atoms with van der Waals surface area (Å²) in [7, 11) is 0. The highest BCUT2D eigenvalue weighted by atomic mass is 16.3. The van der Waals surface area contributed by atoms with Crippen molar-refractivity contribution in [1.82, 2.24) is 5.32 Å². The SMILES string of the molecule is Cc1cc(C)cc(C(=O)NC2(CO)CCC(C)CC2)c1. The first-order valence-electron chi connectivity index (χ1n) is 7.46. The minimum Gasteiger partial charge on any atom is -0.394 e. The van der Waals surface area contributed by atoms with Gasteiger partial charge in [-0.3, -0.25) is 4.79 Å². The first-order valence-corrected chi connectivity index (χ1v) is 7.46. The highest BCUT2D eigenvalue weighted by molar-refractivity contribution is 5.95. The van der Waals surface area contributed by atoms with Crippen LogP contribution in [0.15, 0.2) is 18.2 Å². The lowest BCUT2D eigenvalue weighted by Crippen LogP contribution is -2.53. The van der Waals surface area contributed by atoms with E-state index in [9.17, 15) is 9.90 Å². The normalized spacial score (nSPS) is 26.3. The van der Waals surface area contributed by atoms with Crippen molar-refractivity contribution in [2.45, 2.75) is 52.0 Å². The van der Waals surface area contributed by atoms with Gasteiger partial charge in [-0.25, -0.2) is 0 Å². The van der Waals surface area contributed by atoms with E-state index in [4.69, 9.17) is 0 Å². The number of aliphatic hydroxyl groups is 1. The van der Waals surface area contributed by atoms with E-state index in [2.05, 4.69) is 18.3 Å². The van der Waals surface area contributed by atoms with E-state index in [0.29, 0.717) is 11.5 Å². The zero-order valence-corrected chi connectivity index (χ0v) is 12.7. The van der Waals surface area contributed by atoms with Crippen LogP contribution in [-0.4, -0.2) is 23.2 Å². The molecule has 2 N–H and O–H groups in total. The van der Waals surface area contributed by atoms with E-state index in [0.717, 1.165) is 36.8 Å². The fraction of sp³-hybridized carbons (Fsp3) is 0.588. The van der Waals surface area contributed by atoms with Crippen molar-refractivity contribution in [3.05, 3.63) is 34.9 Å². The molecule has 1 saturated carbocycles. The van der Waals surface area contributed by atoms with Crippen molar-refractivity contribution < 1.29 is 9.90 Å². The van der Waals surface area contributed by atoms with Gasteiger partial charge in [-0.2, -0.15) is 0 Å². The number of amides is 1. The average Bonchev–Trinajstić information content (AvgIpc) is 2.40. The van der Waals surface area contributed by atoms with Crippen LogP contribution >= 0.6 is 0 Å².